The summed E-state index contributed by atoms with van der Waals surface area (Å²) in [5, 5.41) is 3.47. The zero-order chi connectivity index (χ0) is 54.2. The van der Waals surface area contributed by atoms with Gasteiger partial charge in [0.25, 0.3) is 9.84 Å². The normalized spacial score (nSPS) is 18.4. The first-order chi connectivity index (χ1) is 36.1. The summed E-state index contributed by atoms with van der Waals surface area (Å²) in [6, 6.07) is 31.4. The number of hydrogen-bond acceptors (Lipinski definition) is 12. The van der Waals surface area contributed by atoms with Gasteiger partial charge in [0.05, 0.1) is 47.9 Å². The molecule has 3 saturated heterocycles. The van der Waals surface area contributed by atoms with Crippen molar-refractivity contribution in [3.05, 3.63) is 132 Å². The van der Waals surface area contributed by atoms with Gasteiger partial charge in [0, 0.05) is 108 Å². The molecule has 13 nitrogen and oxygen atoms in total. The third-order valence-corrected chi connectivity index (χ3v) is 20.7. The molecule has 0 spiro atoms. The molecule has 3 aliphatic heterocycles. The lowest BCUT2D eigenvalue weighted by Crippen LogP contribution is -2.46. The van der Waals surface area contributed by atoms with E-state index in [1.165, 1.54) is 47.0 Å². The maximum absolute atomic E-state index is 15.8. The van der Waals surface area contributed by atoms with Crippen LogP contribution in [0.5, 0.6) is 0 Å². The molecule has 0 bridgehead atoms. The third kappa shape index (κ3) is 11.8. The van der Waals surface area contributed by atoms with Crippen LogP contribution < -0.4 is 25.1 Å². The van der Waals surface area contributed by atoms with E-state index in [1.54, 1.807) is 31.2 Å². The lowest BCUT2D eigenvalue weighted by molar-refractivity contribution is -0.0435. The van der Waals surface area contributed by atoms with Gasteiger partial charge in [-0.1, -0.05) is 41.9 Å². The number of nitrogens with zero attached hydrogens (tertiary/aromatic N) is 5. The number of benzene rings is 5. The Bertz CT molecular complexity index is 3320. The van der Waals surface area contributed by atoms with Crippen molar-refractivity contribution in [3.8, 4) is 22.4 Å². The predicted octanol–water partition coefficient (Wildman–Crippen LogP) is 11.2. The van der Waals surface area contributed by atoms with Crippen LogP contribution >= 0.6 is 30.9 Å². The predicted molar refractivity (Wildman–Crippen MR) is 296 cm³/mol. The molecule has 0 aliphatic carbocycles. The van der Waals surface area contributed by atoms with Gasteiger partial charge >= 0.3 is 13.0 Å². The number of hydrogen-bond donors (Lipinski definition) is 1. The summed E-state index contributed by atoms with van der Waals surface area (Å²) in [6.07, 6.45) is 1.66. The van der Waals surface area contributed by atoms with Gasteiger partial charge in [-0.05, 0) is 123 Å². The SMILES string of the molecule is Cc1c(S(C)(=O)=O)c(-c2cc(F)cc(N3CCN(c4ccc(N5CCO[P@]5(=O)c5ccc(N[C@H](CCN6CCOCC6)CSc6ccccc6)c(S(=O)(=O)C(F)(F)F)c5)cc4)CC3)c2)c(-c2ccc(Cl)cc2)n1C(C)C. The van der Waals surface area contributed by atoms with Crippen molar-refractivity contribution in [2.75, 3.05) is 104 Å². The number of morpholine rings is 1. The molecule has 6 aromatic rings. The summed E-state index contributed by atoms with van der Waals surface area (Å²) in [5.74, 6) is -0.0959. The summed E-state index contributed by atoms with van der Waals surface area (Å²) >= 11 is 7.77. The standard InChI is InChI=1S/C54H60ClF4N6O7PS3/c1-37(2)65-38(3)53(75(4,67)68)51(52(65)39-10-12-41(55)13-11-39)40-32-42(56)34-46(33-40)63-24-22-62(23-25-63)44-14-16-45(17-15-44)64-28-31-72-73(64,66)47-18-19-49(50(35-47)76(69,70)54(57,58)59)60-43(20-21-61-26-29-71-30-27-61)36-74-48-8-6-5-7-9-48/h5-19,32-35,37,43,60H,20-31,36H2,1-4H3/t43-,73-/m1/s1. The Kier molecular flexibility index (Phi) is 16.7. The van der Waals surface area contributed by atoms with Crippen molar-refractivity contribution >= 4 is 78.6 Å². The summed E-state index contributed by atoms with van der Waals surface area (Å²) in [4.78, 5) is 6.43. The average molecular weight is 1140 g/mol. The van der Waals surface area contributed by atoms with Crippen molar-refractivity contribution in [1.82, 2.24) is 9.47 Å². The van der Waals surface area contributed by atoms with E-state index in [9.17, 15) is 34.6 Å². The molecule has 5 aromatic carbocycles. The molecular weight excluding hydrogens is 1080 g/mol. The number of alkyl halides is 3. The third-order valence-electron chi connectivity index (χ3n) is 14.0. The first-order valence-electron chi connectivity index (χ1n) is 25.0. The second kappa shape index (κ2) is 22.7. The Labute approximate surface area is 451 Å². The Balaban J connectivity index is 0.939. The molecule has 0 radical (unpaired) electrons. The molecule has 4 heterocycles. The highest BCUT2D eigenvalue weighted by Crippen LogP contribution is 2.56. The molecule has 3 aliphatic rings. The van der Waals surface area contributed by atoms with Gasteiger partial charge in [-0.3, -0.25) is 14.1 Å². The minimum absolute atomic E-state index is 0.0222. The Morgan fingerprint density at radius 1 is 0.763 bits per heavy atom. The Morgan fingerprint density at radius 3 is 2.04 bits per heavy atom. The van der Waals surface area contributed by atoms with Crippen molar-refractivity contribution in [1.29, 1.82) is 0 Å². The number of sulfone groups is 2. The van der Waals surface area contributed by atoms with Gasteiger partial charge in [-0.25, -0.2) is 21.2 Å². The van der Waals surface area contributed by atoms with Crippen LogP contribution in [0.15, 0.2) is 130 Å². The number of piperazine rings is 1. The van der Waals surface area contributed by atoms with Gasteiger partial charge in [-0.2, -0.15) is 13.2 Å². The number of thioether (sulfide) groups is 1. The van der Waals surface area contributed by atoms with Crippen molar-refractivity contribution in [2.24, 2.45) is 0 Å². The van der Waals surface area contributed by atoms with E-state index in [1.807, 2.05) is 84.0 Å². The van der Waals surface area contributed by atoms with Crippen LogP contribution in [0, 0.1) is 12.7 Å². The highest BCUT2D eigenvalue weighted by atomic mass is 35.5. The van der Waals surface area contributed by atoms with Crippen LogP contribution in [0.2, 0.25) is 5.02 Å². The lowest BCUT2D eigenvalue weighted by Gasteiger charge is -2.37. The second-order valence-corrected chi connectivity index (χ2v) is 27.1. The molecule has 0 unspecified atom stereocenters. The van der Waals surface area contributed by atoms with Crippen LogP contribution in [0.1, 0.15) is 32.0 Å². The Hall–Kier alpha value is -5.05. The number of rotatable bonds is 17. The topological polar surface area (TPSA) is 134 Å². The number of anilines is 4. The van der Waals surface area contributed by atoms with E-state index >= 15 is 4.39 Å². The summed E-state index contributed by atoms with van der Waals surface area (Å²) in [6.45, 7) is 11.0. The van der Waals surface area contributed by atoms with E-state index in [0.717, 1.165) is 22.2 Å². The maximum Gasteiger partial charge on any atom is 0.501 e. The van der Waals surface area contributed by atoms with Gasteiger partial charge in [-0.15, -0.1) is 11.8 Å². The fourth-order valence-corrected chi connectivity index (χ4v) is 15.9. The van der Waals surface area contributed by atoms with Crippen molar-refractivity contribution in [3.63, 3.8) is 0 Å². The molecule has 9 rings (SSSR count). The van der Waals surface area contributed by atoms with E-state index in [2.05, 4.69) is 15.1 Å². The van der Waals surface area contributed by atoms with Crippen LogP contribution in [0.25, 0.3) is 22.4 Å². The summed E-state index contributed by atoms with van der Waals surface area (Å²) < 4.78 is 143. The fourth-order valence-electron chi connectivity index (χ4n) is 10.3. The van der Waals surface area contributed by atoms with Gasteiger partial charge in [0.2, 0.25) is 0 Å². The Morgan fingerprint density at radius 2 is 1.41 bits per heavy atom. The fraction of sp³-hybridized carbons (Fsp3) is 0.370. The zero-order valence-electron chi connectivity index (χ0n) is 42.5. The first-order valence-corrected chi connectivity index (χ1v) is 31.3. The molecule has 0 saturated carbocycles. The van der Waals surface area contributed by atoms with Crippen LogP contribution in [0.3, 0.4) is 0 Å². The smallest absolute Gasteiger partial charge is 0.380 e. The van der Waals surface area contributed by atoms with Crippen LogP contribution in [0.4, 0.5) is 40.3 Å². The molecule has 406 valence electrons. The molecule has 1 N–H and O–H groups in total. The van der Waals surface area contributed by atoms with Gasteiger partial charge < -0.3 is 28.9 Å². The minimum Gasteiger partial charge on any atom is -0.380 e. The molecule has 2 atom stereocenters. The van der Waals surface area contributed by atoms with Crippen LogP contribution in [-0.4, -0.2) is 122 Å². The van der Waals surface area contributed by atoms with Gasteiger partial charge in [0.1, 0.15) is 10.7 Å². The van der Waals surface area contributed by atoms with E-state index in [4.69, 9.17) is 20.9 Å². The highest BCUT2D eigenvalue weighted by Gasteiger charge is 2.49. The first kappa shape index (κ1) is 55.7. The second-order valence-electron chi connectivity index (χ2n) is 19.4. The number of nitrogens with one attached hydrogen (secondary N) is 1. The highest BCUT2D eigenvalue weighted by molar-refractivity contribution is 7.99. The number of aromatic nitrogens is 1. The monoisotopic (exact) mass is 1140 g/mol. The van der Waals surface area contributed by atoms with Crippen molar-refractivity contribution in [2.45, 2.75) is 59.5 Å². The van der Waals surface area contributed by atoms with Gasteiger partial charge in [0.15, 0.2) is 9.84 Å². The van der Waals surface area contributed by atoms with E-state index in [-0.39, 0.29) is 35.1 Å². The molecule has 0 amide bonds. The zero-order valence-corrected chi connectivity index (χ0v) is 46.6. The number of ether oxygens (including phenoxy) is 1. The molecule has 1 aromatic heterocycles. The molecule has 3 fully saturated rings. The largest absolute Gasteiger partial charge is 0.501 e. The lowest BCUT2D eigenvalue weighted by atomic mass is 9.99. The maximum atomic E-state index is 15.8. The minimum atomic E-state index is -5.94. The van der Waals surface area contributed by atoms with Crippen LogP contribution in [-0.2, 0) is 33.5 Å². The molecule has 76 heavy (non-hydrogen) atoms. The summed E-state index contributed by atoms with van der Waals surface area (Å²) in [7, 11) is -13.9. The number of halogens is 5. The van der Waals surface area contributed by atoms with Crippen molar-refractivity contribution < 1.29 is 48.2 Å². The molecular formula is C54H60ClF4N6O7PS3. The van der Waals surface area contributed by atoms with E-state index in [0.29, 0.717) is 110 Å². The average Bonchev–Trinajstić information content (AvgIpc) is 3.96. The quantitative estimate of drug-likeness (QED) is 0.0528. The molecule has 22 heteroatoms. The summed E-state index contributed by atoms with van der Waals surface area (Å²) in [5.41, 5.74) is -1.25. The van der Waals surface area contributed by atoms with E-state index < -0.39 is 49.5 Å².